The van der Waals surface area contributed by atoms with Crippen molar-refractivity contribution in [1.82, 2.24) is 15.2 Å². The van der Waals surface area contributed by atoms with E-state index >= 15 is 0 Å². The van der Waals surface area contributed by atoms with Crippen molar-refractivity contribution in [3.63, 3.8) is 0 Å². The molecule has 0 bridgehead atoms. The second-order valence-electron chi connectivity index (χ2n) is 7.66. The fourth-order valence-corrected chi connectivity index (χ4v) is 3.45. The number of aromatic nitrogens is 3. The number of carbonyl (C=O) groups excluding carboxylic acids is 1. The second kappa shape index (κ2) is 9.95. The van der Waals surface area contributed by atoms with Crippen molar-refractivity contribution in [3.05, 3.63) is 53.6 Å². The van der Waals surface area contributed by atoms with Crippen LogP contribution in [0.25, 0.3) is 0 Å². The van der Waals surface area contributed by atoms with E-state index in [-0.39, 0.29) is 17.7 Å². The Bertz CT molecular complexity index is 1260. The molecule has 2 aromatic heterocycles. The molecule has 35 heavy (non-hydrogen) atoms. The average molecular weight is 495 g/mol. The van der Waals surface area contributed by atoms with E-state index in [0.717, 1.165) is 0 Å². The number of pyridine rings is 1. The molecule has 2 heterocycles. The Balaban J connectivity index is 1.36. The number of carboxylic acid groups (broad SMARTS) is 1. The first-order valence-electron chi connectivity index (χ1n) is 10.3. The number of ether oxygens (including phenoxy) is 1. The normalized spacial score (nSPS) is 17.6. The Hall–Kier alpha value is -4.23. The van der Waals surface area contributed by atoms with Crippen LogP contribution in [0, 0.1) is 29.3 Å². The van der Waals surface area contributed by atoms with Crippen LogP contribution in [-0.4, -0.2) is 38.3 Å². The molecule has 14 heteroatoms. The third-order valence-corrected chi connectivity index (χ3v) is 5.25. The number of nitrogens with zero attached hydrogens (tertiary/aromatic N) is 3. The smallest absolute Gasteiger partial charge is 0.320 e. The molecule has 0 saturated heterocycles. The number of anilines is 3. The summed E-state index contributed by atoms with van der Waals surface area (Å²) < 4.78 is 65.0. The van der Waals surface area contributed by atoms with E-state index in [1.54, 1.807) is 0 Å². The zero-order valence-electron chi connectivity index (χ0n) is 17.7. The van der Waals surface area contributed by atoms with E-state index in [0.29, 0.717) is 37.8 Å². The molecule has 0 radical (unpaired) electrons. The van der Waals surface area contributed by atoms with Crippen LogP contribution in [0.3, 0.4) is 0 Å². The highest BCUT2D eigenvalue weighted by atomic mass is 19.2. The third kappa shape index (κ3) is 5.65. The van der Waals surface area contributed by atoms with Gasteiger partial charge in [-0.25, -0.2) is 13.2 Å². The maximum Gasteiger partial charge on any atom is 0.320 e. The third-order valence-electron chi connectivity index (χ3n) is 5.25. The lowest BCUT2D eigenvalue weighted by Crippen LogP contribution is -2.28. The zero-order valence-corrected chi connectivity index (χ0v) is 17.7. The van der Waals surface area contributed by atoms with Crippen LogP contribution in [-0.2, 0) is 4.79 Å². The highest BCUT2D eigenvalue weighted by Crippen LogP contribution is 2.28. The summed E-state index contributed by atoms with van der Waals surface area (Å²) in [5.74, 6) is -7.87. The number of benzene rings is 1. The molecular formula is C21H17F4N5O5. The molecule has 3 N–H and O–H groups in total. The van der Waals surface area contributed by atoms with Gasteiger partial charge in [-0.2, -0.15) is 9.37 Å². The molecule has 1 amide bonds. The largest absolute Gasteiger partial charge is 0.481 e. The van der Waals surface area contributed by atoms with Gasteiger partial charge in [0.05, 0.1) is 17.3 Å². The van der Waals surface area contributed by atoms with Gasteiger partial charge in [-0.3, -0.25) is 9.59 Å². The van der Waals surface area contributed by atoms with Crippen LogP contribution in [0.1, 0.15) is 36.4 Å². The van der Waals surface area contributed by atoms with Crippen LogP contribution in [0.4, 0.5) is 35.0 Å². The average Bonchev–Trinajstić information content (AvgIpc) is 3.28. The number of nitrogens with one attached hydrogen (secondary N) is 2. The summed E-state index contributed by atoms with van der Waals surface area (Å²) in [6.07, 6.45) is 1.56. The van der Waals surface area contributed by atoms with E-state index in [1.165, 1.54) is 12.1 Å². The minimum atomic E-state index is -1.39. The highest BCUT2D eigenvalue weighted by Gasteiger charge is 2.27. The maximum atomic E-state index is 14.4. The number of aliphatic carboxylic acids is 1. The molecule has 3 aromatic rings. The molecule has 10 nitrogen and oxygen atoms in total. The van der Waals surface area contributed by atoms with Crippen molar-refractivity contribution in [2.75, 3.05) is 10.6 Å². The van der Waals surface area contributed by atoms with Crippen LogP contribution in [0.15, 0.2) is 28.7 Å². The monoisotopic (exact) mass is 495 g/mol. The second-order valence-corrected chi connectivity index (χ2v) is 7.66. The Kier molecular flexibility index (Phi) is 6.80. The molecule has 1 saturated carbocycles. The first-order valence-corrected chi connectivity index (χ1v) is 10.3. The van der Waals surface area contributed by atoms with Gasteiger partial charge in [0.15, 0.2) is 11.6 Å². The molecule has 0 aliphatic heterocycles. The number of hydrogen-bond acceptors (Lipinski definition) is 8. The minimum Gasteiger partial charge on any atom is -0.481 e. The maximum absolute atomic E-state index is 14.4. The number of amides is 1. The van der Waals surface area contributed by atoms with E-state index in [1.807, 2.05) is 0 Å². The van der Waals surface area contributed by atoms with Crippen molar-refractivity contribution in [1.29, 1.82) is 0 Å². The first-order chi connectivity index (χ1) is 16.7. The predicted octanol–water partition coefficient (Wildman–Crippen LogP) is 4.04. The molecule has 0 spiro atoms. The summed E-state index contributed by atoms with van der Waals surface area (Å²) in [7, 11) is 0. The van der Waals surface area contributed by atoms with Crippen molar-refractivity contribution >= 4 is 29.3 Å². The Morgan fingerprint density at radius 2 is 1.69 bits per heavy atom. The van der Waals surface area contributed by atoms with Crippen LogP contribution in [0.2, 0.25) is 0 Å². The standard InChI is InChI=1S/C21H17F4N5O5/c22-11-7-13(24)15(8-12(11)23)27-21-30-29-19(35-21)18(31)26-14-5-6-16(28-17(14)25)34-10-3-1-9(2-4-10)20(32)33/h5-10H,1-4H2,(H,26,31)(H,27,30)(H,32,33)/t9-,10-. The van der Waals surface area contributed by atoms with Gasteiger partial charge in [-0.15, -0.1) is 5.10 Å². The molecule has 1 aliphatic carbocycles. The van der Waals surface area contributed by atoms with Gasteiger partial charge in [0, 0.05) is 18.2 Å². The van der Waals surface area contributed by atoms with E-state index in [9.17, 15) is 27.2 Å². The number of carbonyl (C=O) groups is 2. The van der Waals surface area contributed by atoms with Gasteiger partial charge in [0.25, 0.3) is 0 Å². The molecule has 1 aromatic carbocycles. The lowest BCUT2D eigenvalue weighted by molar-refractivity contribution is -0.143. The number of rotatable bonds is 7. The van der Waals surface area contributed by atoms with Crippen LogP contribution >= 0.6 is 0 Å². The molecule has 0 atom stereocenters. The minimum absolute atomic E-state index is 0.0305. The molecule has 4 rings (SSSR count). The first kappa shape index (κ1) is 23.9. The Morgan fingerprint density at radius 3 is 2.37 bits per heavy atom. The SMILES string of the molecule is O=C(Nc1ccc(O[C@H]2CC[C@H](C(=O)O)CC2)nc1F)c1nnc(Nc2cc(F)c(F)cc2F)o1. The molecule has 184 valence electrons. The van der Waals surface area contributed by atoms with Gasteiger partial charge in [-0.05, 0) is 31.7 Å². The molecule has 1 fully saturated rings. The summed E-state index contributed by atoms with van der Waals surface area (Å²) in [5, 5.41) is 20.3. The predicted molar refractivity (Wildman–Crippen MR) is 110 cm³/mol. The Labute approximate surface area is 194 Å². The van der Waals surface area contributed by atoms with Crippen LogP contribution < -0.4 is 15.4 Å². The van der Waals surface area contributed by atoms with Gasteiger partial charge in [0.1, 0.15) is 11.9 Å². The number of halogens is 4. The highest BCUT2D eigenvalue weighted by molar-refractivity contribution is 6.00. The molecule has 1 aliphatic rings. The quantitative estimate of drug-likeness (QED) is 0.252. The number of hydrogen-bond donors (Lipinski definition) is 3. The lowest BCUT2D eigenvalue weighted by Gasteiger charge is -2.26. The van der Waals surface area contributed by atoms with E-state index in [2.05, 4.69) is 25.8 Å². The fourth-order valence-electron chi connectivity index (χ4n) is 3.45. The van der Waals surface area contributed by atoms with Gasteiger partial charge in [0.2, 0.25) is 11.8 Å². The summed E-state index contributed by atoms with van der Waals surface area (Å²) in [6.45, 7) is 0. The van der Waals surface area contributed by atoms with Crippen molar-refractivity contribution in [3.8, 4) is 5.88 Å². The number of carboxylic acids is 1. The summed E-state index contributed by atoms with van der Waals surface area (Å²) in [4.78, 5) is 27.0. The van der Waals surface area contributed by atoms with Gasteiger partial charge >= 0.3 is 23.8 Å². The van der Waals surface area contributed by atoms with Crippen molar-refractivity contribution in [2.24, 2.45) is 5.92 Å². The molecular weight excluding hydrogens is 478 g/mol. The van der Waals surface area contributed by atoms with E-state index < -0.39 is 58.8 Å². The van der Waals surface area contributed by atoms with Crippen molar-refractivity contribution < 1.29 is 41.4 Å². The van der Waals surface area contributed by atoms with Gasteiger partial charge in [-0.1, -0.05) is 5.10 Å². The molecule has 0 unspecified atom stereocenters. The summed E-state index contributed by atoms with van der Waals surface area (Å²) in [6, 6.07) is 2.86. The lowest BCUT2D eigenvalue weighted by atomic mass is 9.87. The Morgan fingerprint density at radius 1 is 0.971 bits per heavy atom. The zero-order chi connectivity index (χ0) is 25.1. The van der Waals surface area contributed by atoms with E-state index in [4.69, 9.17) is 14.3 Å². The summed E-state index contributed by atoms with van der Waals surface area (Å²) in [5.41, 5.74) is -0.835. The van der Waals surface area contributed by atoms with Gasteiger partial charge < -0.3 is 24.9 Å². The summed E-state index contributed by atoms with van der Waals surface area (Å²) >= 11 is 0. The van der Waals surface area contributed by atoms with Crippen LogP contribution in [0.5, 0.6) is 5.88 Å². The fraction of sp³-hybridized carbons (Fsp3) is 0.286. The van der Waals surface area contributed by atoms with Crippen molar-refractivity contribution in [2.45, 2.75) is 31.8 Å². The topological polar surface area (TPSA) is 139 Å².